The quantitative estimate of drug-likeness (QED) is 0.256. The van der Waals surface area contributed by atoms with Crippen molar-refractivity contribution in [3.63, 3.8) is 0 Å². The second-order valence-corrected chi connectivity index (χ2v) is 10.7. The van der Waals surface area contributed by atoms with Gasteiger partial charge < -0.3 is 14.8 Å². The van der Waals surface area contributed by atoms with Gasteiger partial charge in [0.1, 0.15) is 0 Å². The molecule has 2 atom stereocenters. The molecule has 1 aliphatic rings. The van der Waals surface area contributed by atoms with Crippen LogP contribution in [-0.2, 0) is 0 Å². The van der Waals surface area contributed by atoms with Gasteiger partial charge in [0.05, 0.1) is 35.9 Å². The highest BCUT2D eigenvalue weighted by atomic mass is 16.2. The minimum atomic E-state index is -0.0950. The minimum absolute atomic E-state index is 0.00508. The molecule has 4 aromatic rings. The number of hydrogen-bond acceptors (Lipinski definition) is 4. The van der Waals surface area contributed by atoms with Crippen LogP contribution in [0.3, 0.4) is 0 Å². The molecule has 5 rings (SSSR count). The van der Waals surface area contributed by atoms with Crippen LogP contribution in [0.15, 0.2) is 97.5 Å². The molecule has 0 radical (unpaired) electrons. The summed E-state index contributed by atoms with van der Waals surface area (Å²) in [4.78, 5) is 26.0. The van der Waals surface area contributed by atoms with Gasteiger partial charge in [-0.25, -0.2) is 4.98 Å². The Labute approximate surface area is 237 Å². The lowest BCUT2D eigenvalue weighted by Crippen LogP contribution is -2.45. The highest BCUT2D eigenvalue weighted by molar-refractivity contribution is 5.94. The van der Waals surface area contributed by atoms with Gasteiger partial charge in [-0.2, -0.15) is 5.26 Å². The van der Waals surface area contributed by atoms with E-state index in [1.165, 1.54) is 11.1 Å². The zero-order valence-corrected chi connectivity index (χ0v) is 23.1. The second-order valence-electron chi connectivity index (χ2n) is 10.7. The van der Waals surface area contributed by atoms with Crippen molar-refractivity contribution in [1.29, 1.82) is 5.26 Å². The van der Waals surface area contributed by atoms with Crippen molar-refractivity contribution in [1.82, 2.24) is 19.8 Å². The molecule has 3 aromatic carbocycles. The molecule has 1 aromatic heterocycles. The van der Waals surface area contributed by atoms with Crippen LogP contribution in [0, 0.1) is 17.2 Å². The molecule has 204 valence electrons. The summed E-state index contributed by atoms with van der Waals surface area (Å²) in [5.41, 5.74) is 4.78. The van der Waals surface area contributed by atoms with Crippen molar-refractivity contribution in [3.8, 4) is 6.07 Å². The van der Waals surface area contributed by atoms with Crippen LogP contribution < -0.4 is 0 Å². The van der Waals surface area contributed by atoms with E-state index in [1.807, 2.05) is 11.1 Å². The number of nitrogens with zero attached hydrogens (tertiary/aromatic N) is 4. The number of likely N-dealkylation sites (tertiary alicyclic amines) is 1. The smallest absolute Gasteiger partial charge is 0.254 e. The zero-order chi connectivity index (χ0) is 27.7. The summed E-state index contributed by atoms with van der Waals surface area (Å²) < 4.78 is 0. The van der Waals surface area contributed by atoms with Gasteiger partial charge in [-0.3, -0.25) is 4.79 Å². The Kier molecular flexibility index (Phi) is 9.05. The van der Waals surface area contributed by atoms with Crippen molar-refractivity contribution < 1.29 is 4.79 Å². The normalized spacial score (nSPS) is 16.4. The topological polar surface area (TPSA) is 76.0 Å². The molecule has 6 heteroatoms. The van der Waals surface area contributed by atoms with Gasteiger partial charge >= 0.3 is 0 Å². The fourth-order valence-corrected chi connectivity index (χ4v) is 6.04. The molecule has 1 aliphatic heterocycles. The third-order valence-corrected chi connectivity index (χ3v) is 8.07. The first-order chi connectivity index (χ1) is 19.7. The Morgan fingerprint density at radius 3 is 2.30 bits per heavy atom. The van der Waals surface area contributed by atoms with Crippen molar-refractivity contribution in [2.45, 2.75) is 38.1 Å². The third kappa shape index (κ3) is 6.50. The molecule has 1 saturated heterocycles. The number of imidazole rings is 1. The van der Waals surface area contributed by atoms with Gasteiger partial charge in [-0.05, 0) is 67.1 Å². The first-order valence-corrected chi connectivity index (χ1v) is 14.3. The van der Waals surface area contributed by atoms with Gasteiger partial charge in [0.15, 0.2) is 0 Å². The average molecular weight is 532 g/mol. The molecule has 0 bridgehead atoms. The number of piperidine rings is 1. The Morgan fingerprint density at radius 2 is 1.73 bits per heavy atom. The number of aromatic nitrogens is 2. The molecule has 6 nitrogen and oxygen atoms in total. The first-order valence-electron chi connectivity index (χ1n) is 14.3. The number of aromatic amines is 1. The summed E-state index contributed by atoms with van der Waals surface area (Å²) in [6, 6.07) is 30.6. The van der Waals surface area contributed by atoms with Crippen molar-refractivity contribution >= 4 is 5.91 Å². The molecule has 0 spiro atoms. The molecule has 0 aliphatic carbocycles. The highest BCUT2D eigenvalue weighted by Crippen LogP contribution is 2.31. The van der Waals surface area contributed by atoms with Crippen LogP contribution in [0.1, 0.15) is 70.9 Å². The van der Waals surface area contributed by atoms with Crippen LogP contribution in [0.2, 0.25) is 0 Å². The maximum atomic E-state index is 13.9. The van der Waals surface area contributed by atoms with E-state index in [0.29, 0.717) is 29.5 Å². The van der Waals surface area contributed by atoms with Gasteiger partial charge in [-0.15, -0.1) is 0 Å². The summed E-state index contributed by atoms with van der Waals surface area (Å²) in [7, 11) is 0. The number of rotatable bonds is 10. The van der Waals surface area contributed by atoms with Crippen LogP contribution in [0.4, 0.5) is 0 Å². The van der Waals surface area contributed by atoms with E-state index in [-0.39, 0.29) is 11.9 Å². The number of hydrogen-bond donors (Lipinski definition) is 1. The molecule has 40 heavy (non-hydrogen) atoms. The van der Waals surface area contributed by atoms with Gasteiger partial charge in [-0.1, -0.05) is 67.6 Å². The standard InChI is InChI=1S/C34H37N5O/c1-2-33(32-21-36-25-37-32)39(34(40)30-17-15-26(20-35)16-18-30)23-27-10-9-19-38(22-27)24-31(28-11-5-3-6-12-28)29-13-7-4-8-14-29/h3-8,11-18,21,25,27,31,33H,2,9-10,19,22-24H2,1H3,(H,36,37)/t27-,33?/m0/s1. The summed E-state index contributed by atoms with van der Waals surface area (Å²) in [5.74, 6) is 0.653. The molecule has 0 saturated carbocycles. The number of amides is 1. The highest BCUT2D eigenvalue weighted by Gasteiger charge is 2.31. The summed E-state index contributed by atoms with van der Waals surface area (Å²) in [5, 5.41) is 9.22. The Morgan fingerprint density at radius 1 is 1.05 bits per heavy atom. The second kappa shape index (κ2) is 13.2. The number of carbonyl (C=O) groups is 1. The number of nitriles is 1. The monoisotopic (exact) mass is 531 g/mol. The van der Waals surface area contributed by atoms with Crippen molar-refractivity contribution in [2.75, 3.05) is 26.2 Å². The maximum absolute atomic E-state index is 13.9. The van der Waals surface area contributed by atoms with E-state index in [1.54, 1.807) is 30.6 Å². The molecule has 1 unspecified atom stereocenters. The van der Waals surface area contributed by atoms with E-state index in [2.05, 4.69) is 88.5 Å². The van der Waals surface area contributed by atoms with E-state index in [0.717, 1.165) is 44.6 Å². The van der Waals surface area contributed by atoms with E-state index >= 15 is 0 Å². The van der Waals surface area contributed by atoms with Crippen LogP contribution in [0.25, 0.3) is 0 Å². The minimum Gasteiger partial charge on any atom is -0.347 e. The average Bonchev–Trinajstić information content (AvgIpc) is 3.55. The largest absolute Gasteiger partial charge is 0.347 e. The molecule has 1 N–H and O–H groups in total. The number of carbonyl (C=O) groups excluding carboxylic acids is 1. The number of H-pyrrole nitrogens is 1. The number of nitrogens with one attached hydrogen (secondary N) is 1. The van der Waals surface area contributed by atoms with Crippen molar-refractivity contribution in [2.24, 2.45) is 5.92 Å². The molecule has 1 amide bonds. The lowest BCUT2D eigenvalue weighted by atomic mass is 9.89. The summed E-state index contributed by atoms with van der Waals surface area (Å²) >= 11 is 0. The molecular weight excluding hydrogens is 494 g/mol. The Hall–Kier alpha value is -4.21. The predicted molar refractivity (Wildman–Crippen MR) is 158 cm³/mol. The Balaban J connectivity index is 1.36. The molecule has 1 fully saturated rings. The van der Waals surface area contributed by atoms with Gasteiger partial charge in [0.2, 0.25) is 0 Å². The van der Waals surface area contributed by atoms with Crippen LogP contribution >= 0.6 is 0 Å². The fraction of sp³-hybridized carbons (Fsp3) is 0.324. The van der Waals surface area contributed by atoms with E-state index in [4.69, 9.17) is 0 Å². The summed E-state index contributed by atoms with van der Waals surface area (Å²) in [6.45, 7) is 5.75. The maximum Gasteiger partial charge on any atom is 0.254 e. The van der Waals surface area contributed by atoms with Crippen LogP contribution in [-0.4, -0.2) is 51.9 Å². The predicted octanol–water partition coefficient (Wildman–Crippen LogP) is 6.42. The van der Waals surface area contributed by atoms with Gasteiger partial charge in [0.25, 0.3) is 5.91 Å². The summed E-state index contributed by atoms with van der Waals surface area (Å²) in [6.07, 6.45) is 6.49. The lowest BCUT2D eigenvalue weighted by Gasteiger charge is -2.39. The molecule has 2 heterocycles. The Bertz CT molecular complexity index is 1340. The van der Waals surface area contributed by atoms with E-state index < -0.39 is 0 Å². The van der Waals surface area contributed by atoms with Crippen molar-refractivity contribution in [3.05, 3.63) is 125 Å². The zero-order valence-electron chi connectivity index (χ0n) is 23.1. The molecular formula is C34H37N5O. The van der Waals surface area contributed by atoms with Gasteiger partial charge in [0, 0.05) is 31.1 Å². The SMILES string of the molecule is CCC(c1cnc[nH]1)N(C[C@H]1CCCN(CC(c2ccccc2)c2ccccc2)C1)C(=O)c1ccc(C#N)cc1. The third-order valence-electron chi connectivity index (χ3n) is 8.07. The van der Waals surface area contributed by atoms with Crippen LogP contribution in [0.5, 0.6) is 0 Å². The number of benzene rings is 3. The fourth-order valence-electron chi connectivity index (χ4n) is 6.04. The first kappa shape index (κ1) is 27.4. The van der Waals surface area contributed by atoms with E-state index in [9.17, 15) is 10.1 Å². The lowest BCUT2D eigenvalue weighted by molar-refractivity contribution is 0.0564.